The Morgan fingerprint density at radius 3 is 2.64 bits per heavy atom. The number of hydrogen-bond acceptors (Lipinski definition) is 3. The van der Waals surface area contributed by atoms with Crippen LogP contribution in [0.15, 0.2) is 18.2 Å². The van der Waals surface area contributed by atoms with Gasteiger partial charge in [-0.05, 0) is 50.6 Å². The number of hydrogen-bond donors (Lipinski definition) is 1. The number of carbonyl (C=O) groups is 2. The first-order chi connectivity index (χ1) is 12.0. The van der Waals surface area contributed by atoms with Crippen molar-refractivity contribution in [3.63, 3.8) is 0 Å². The maximum atomic E-state index is 12.9. The van der Waals surface area contributed by atoms with Gasteiger partial charge >= 0.3 is 0 Å². The molecule has 0 aromatic heterocycles. The Labute approximate surface area is 158 Å². The highest BCUT2D eigenvalue weighted by atomic mass is 35.5. The maximum Gasteiger partial charge on any atom is 0.228 e. The number of nitrogens with zero attached hydrogens (tertiary/aromatic N) is 2. The van der Waals surface area contributed by atoms with Crippen molar-refractivity contribution in [2.24, 2.45) is 11.8 Å². The SMILES string of the molecule is CNCC1CCCN(C(=O)C2CC(=O)N(c3cc(Cl)cc(Cl)c3)C2)C1. The summed E-state index contributed by atoms with van der Waals surface area (Å²) in [5.41, 5.74) is 0.657. The fraction of sp³-hybridized carbons (Fsp3) is 0.556. The molecule has 5 nitrogen and oxygen atoms in total. The van der Waals surface area contributed by atoms with Gasteiger partial charge in [0.05, 0.1) is 5.92 Å². The predicted molar refractivity (Wildman–Crippen MR) is 100 cm³/mol. The van der Waals surface area contributed by atoms with E-state index in [0.717, 1.165) is 32.5 Å². The molecule has 0 bridgehead atoms. The zero-order valence-electron chi connectivity index (χ0n) is 14.3. The highest BCUT2D eigenvalue weighted by Gasteiger charge is 2.38. The van der Waals surface area contributed by atoms with Crippen LogP contribution in [0.25, 0.3) is 0 Å². The van der Waals surface area contributed by atoms with Crippen molar-refractivity contribution < 1.29 is 9.59 Å². The zero-order valence-corrected chi connectivity index (χ0v) is 15.8. The topological polar surface area (TPSA) is 52.7 Å². The van der Waals surface area contributed by atoms with Crippen LogP contribution in [-0.4, -0.2) is 49.9 Å². The summed E-state index contributed by atoms with van der Waals surface area (Å²) in [4.78, 5) is 28.9. The molecule has 2 unspecified atom stereocenters. The van der Waals surface area contributed by atoms with E-state index in [1.165, 1.54) is 0 Å². The minimum absolute atomic E-state index is 0.0551. The Kier molecular flexibility index (Phi) is 5.87. The summed E-state index contributed by atoms with van der Waals surface area (Å²) < 4.78 is 0. The van der Waals surface area contributed by atoms with Gasteiger partial charge in [0.2, 0.25) is 11.8 Å². The smallest absolute Gasteiger partial charge is 0.228 e. The van der Waals surface area contributed by atoms with E-state index < -0.39 is 0 Å². The highest BCUT2D eigenvalue weighted by molar-refractivity contribution is 6.35. The molecule has 2 saturated heterocycles. The first-order valence-corrected chi connectivity index (χ1v) is 9.43. The molecule has 0 radical (unpaired) electrons. The van der Waals surface area contributed by atoms with Crippen LogP contribution >= 0.6 is 23.2 Å². The average Bonchev–Trinajstić information content (AvgIpc) is 2.96. The van der Waals surface area contributed by atoms with Gasteiger partial charge < -0.3 is 15.1 Å². The molecule has 2 amide bonds. The number of anilines is 1. The predicted octanol–water partition coefficient (Wildman–Crippen LogP) is 2.80. The molecule has 2 aliphatic rings. The van der Waals surface area contributed by atoms with Crippen molar-refractivity contribution in [2.75, 3.05) is 38.1 Å². The second-order valence-electron chi connectivity index (χ2n) is 6.88. The summed E-state index contributed by atoms with van der Waals surface area (Å²) in [6.07, 6.45) is 2.41. The summed E-state index contributed by atoms with van der Waals surface area (Å²) in [5.74, 6) is 0.228. The molecule has 2 atom stereocenters. The summed E-state index contributed by atoms with van der Waals surface area (Å²) in [7, 11) is 1.93. The van der Waals surface area contributed by atoms with Crippen molar-refractivity contribution >= 4 is 40.7 Å². The molecular formula is C18H23Cl2N3O2. The van der Waals surface area contributed by atoms with Crippen LogP contribution in [0, 0.1) is 11.8 Å². The van der Waals surface area contributed by atoms with E-state index in [2.05, 4.69) is 5.32 Å². The van der Waals surface area contributed by atoms with Crippen LogP contribution < -0.4 is 10.2 Å². The maximum absolute atomic E-state index is 12.9. The normalized spacial score (nSPS) is 24.0. The first kappa shape index (κ1) is 18.5. The minimum Gasteiger partial charge on any atom is -0.342 e. The molecule has 2 fully saturated rings. The fourth-order valence-electron chi connectivity index (χ4n) is 3.80. The number of benzene rings is 1. The third-order valence-electron chi connectivity index (χ3n) is 4.96. The summed E-state index contributed by atoms with van der Waals surface area (Å²) in [6, 6.07) is 5.05. The van der Waals surface area contributed by atoms with Crippen molar-refractivity contribution in [1.29, 1.82) is 0 Å². The van der Waals surface area contributed by atoms with Gasteiger partial charge in [-0.1, -0.05) is 23.2 Å². The van der Waals surface area contributed by atoms with Crippen LogP contribution in [-0.2, 0) is 9.59 Å². The standard InChI is InChI=1S/C18H23Cl2N3O2/c1-21-9-12-3-2-4-22(10-12)18(25)13-5-17(24)23(11-13)16-7-14(19)6-15(20)8-16/h6-8,12-13,21H,2-5,9-11H2,1H3. The van der Waals surface area contributed by atoms with Gasteiger partial charge in [0.25, 0.3) is 0 Å². The van der Waals surface area contributed by atoms with Crippen LogP contribution in [0.2, 0.25) is 10.0 Å². The molecular weight excluding hydrogens is 361 g/mol. The van der Waals surface area contributed by atoms with Crippen molar-refractivity contribution in [3.8, 4) is 0 Å². The van der Waals surface area contributed by atoms with Gasteiger partial charge in [-0.25, -0.2) is 0 Å². The first-order valence-electron chi connectivity index (χ1n) is 8.67. The van der Waals surface area contributed by atoms with Crippen LogP contribution in [0.4, 0.5) is 5.69 Å². The van der Waals surface area contributed by atoms with Crippen molar-refractivity contribution in [3.05, 3.63) is 28.2 Å². The lowest BCUT2D eigenvalue weighted by atomic mass is 9.96. The Balaban J connectivity index is 1.68. The second-order valence-corrected chi connectivity index (χ2v) is 7.76. The number of piperidine rings is 1. The van der Waals surface area contributed by atoms with Gasteiger partial charge in [0.1, 0.15) is 0 Å². The fourth-order valence-corrected chi connectivity index (χ4v) is 4.31. The van der Waals surface area contributed by atoms with E-state index in [9.17, 15) is 9.59 Å². The van der Waals surface area contributed by atoms with E-state index >= 15 is 0 Å². The third-order valence-corrected chi connectivity index (χ3v) is 5.39. The van der Waals surface area contributed by atoms with E-state index in [0.29, 0.717) is 28.2 Å². The number of halogens is 2. The molecule has 0 saturated carbocycles. The van der Waals surface area contributed by atoms with Crippen molar-refractivity contribution in [1.82, 2.24) is 10.2 Å². The number of likely N-dealkylation sites (tertiary alicyclic amines) is 1. The van der Waals surface area contributed by atoms with E-state index in [1.807, 2.05) is 11.9 Å². The molecule has 1 aromatic carbocycles. The summed E-state index contributed by atoms with van der Waals surface area (Å²) in [6.45, 7) is 2.86. The number of rotatable bonds is 4. The van der Waals surface area contributed by atoms with Gasteiger partial charge in [-0.3, -0.25) is 9.59 Å². The van der Waals surface area contributed by atoms with Gasteiger partial charge in [-0.2, -0.15) is 0 Å². The minimum atomic E-state index is -0.293. The third kappa shape index (κ3) is 4.27. The lowest BCUT2D eigenvalue weighted by Gasteiger charge is -2.34. The summed E-state index contributed by atoms with van der Waals surface area (Å²) >= 11 is 12.1. The highest BCUT2D eigenvalue weighted by Crippen LogP contribution is 2.31. The Morgan fingerprint density at radius 2 is 1.96 bits per heavy atom. The Hall–Kier alpha value is -1.30. The summed E-state index contributed by atoms with van der Waals surface area (Å²) in [5, 5.41) is 4.15. The molecule has 3 rings (SSSR count). The molecule has 0 aliphatic carbocycles. The van der Waals surface area contributed by atoms with E-state index in [1.54, 1.807) is 23.1 Å². The molecule has 7 heteroatoms. The number of nitrogens with one attached hydrogen (secondary N) is 1. The monoisotopic (exact) mass is 383 g/mol. The second kappa shape index (κ2) is 7.94. The largest absolute Gasteiger partial charge is 0.342 e. The molecule has 0 spiro atoms. The quantitative estimate of drug-likeness (QED) is 0.869. The average molecular weight is 384 g/mol. The van der Waals surface area contributed by atoms with E-state index in [-0.39, 0.29) is 24.2 Å². The van der Waals surface area contributed by atoms with Gasteiger partial charge in [0, 0.05) is 41.8 Å². The van der Waals surface area contributed by atoms with Crippen LogP contribution in [0.5, 0.6) is 0 Å². The zero-order chi connectivity index (χ0) is 18.0. The Morgan fingerprint density at radius 1 is 1.24 bits per heavy atom. The molecule has 1 N–H and O–H groups in total. The van der Waals surface area contributed by atoms with Gasteiger partial charge in [0.15, 0.2) is 0 Å². The van der Waals surface area contributed by atoms with Crippen LogP contribution in [0.3, 0.4) is 0 Å². The number of carbonyl (C=O) groups excluding carboxylic acids is 2. The molecule has 25 heavy (non-hydrogen) atoms. The van der Waals surface area contributed by atoms with Crippen molar-refractivity contribution in [2.45, 2.75) is 19.3 Å². The van der Waals surface area contributed by atoms with E-state index in [4.69, 9.17) is 23.2 Å². The number of amides is 2. The molecule has 2 heterocycles. The van der Waals surface area contributed by atoms with Crippen LogP contribution in [0.1, 0.15) is 19.3 Å². The van der Waals surface area contributed by atoms with Gasteiger partial charge in [-0.15, -0.1) is 0 Å². The lowest BCUT2D eigenvalue weighted by molar-refractivity contribution is -0.137. The molecule has 136 valence electrons. The molecule has 2 aliphatic heterocycles. The molecule has 1 aromatic rings. The lowest BCUT2D eigenvalue weighted by Crippen LogP contribution is -2.45. The Bertz CT molecular complexity index is 645.